The van der Waals surface area contributed by atoms with E-state index in [1.165, 1.54) is 4.90 Å². The number of nitrogens with zero attached hydrogens (tertiary/aromatic N) is 2. The number of carbonyl (C=O) groups excluding carboxylic acids is 1. The van der Waals surface area contributed by atoms with Gasteiger partial charge in [0.25, 0.3) is 5.91 Å². The molecule has 0 saturated heterocycles. The van der Waals surface area contributed by atoms with Crippen LogP contribution in [-0.4, -0.2) is 28.1 Å². The molecule has 1 aromatic carbocycles. The zero-order valence-corrected chi connectivity index (χ0v) is 13.3. The Morgan fingerprint density at radius 3 is 2.38 bits per heavy atom. The monoisotopic (exact) mass is 286 g/mol. The van der Waals surface area contributed by atoms with Gasteiger partial charge in [0.15, 0.2) is 0 Å². The second-order valence-electron chi connectivity index (χ2n) is 7.23. The summed E-state index contributed by atoms with van der Waals surface area (Å²) in [6.07, 6.45) is 0. The van der Waals surface area contributed by atoms with Crippen molar-refractivity contribution < 1.29 is 9.90 Å². The van der Waals surface area contributed by atoms with E-state index in [1.807, 2.05) is 12.1 Å². The van der Waals surface area contributed by atoms with Gasteiger partial charge >= 0.3 is 0 Å². The first kappa shape index (κ1) is 15.5. The van der Waals surface area contributed by atoms with Crippen LogP contribution in [0.1, 0.15) is 62.1 Å². The molecule has 0 aliphatic carbocycles. The summed E-state index contributed by atoms with van der Waals surface area (Å²) in [6.45, 7) is 9.65. The number of rotatable bonds is 2. The van der Waals surface area contributed by atoms with Gasteiger partial charge in [-0.05, 0) is 30.9 Å². The van der Waals surface area contributed by atoms with Crippen LogP contribution in [0.3, 0.4) is 0 Å². The zero-order chi connectivity index (χ0) is 16.0. The number of aliphatic hydroxyl groups excluding tert-OH is 1. The SMILES string of the molecule is CC(C)(C)c1ccc2c(c1)C(C#N)N(C(C)(C)CO)C2=O. The van der Waals surface area contributed by atoms with Crippen molar-refractivity contribution in [1.29, 1.82) is 5.26 Å². The van der Waals surface area contributed by atoms with E-state index in [4.69, 9.17) is 0 Å². The predicted octanol–water partition coefficient (Wildman–Crippen LogP) is 2.78. The van der Waals surface area contributed by atoms with Crippen LogP contribution in [0.4, 0.5) is 0 Å². The molecule has 0 spiro atoms. The van der Waals surface area contributed by atoms with Crippen LogP contribution in [0.15, 0.2) is 18.2 Å². The van der Waals surface area contributed by atoms with E-state index >= 15 is 0 Å². The third-order valence-corrected chi connectivity index (χ3v) is 4.08. The van der Waals surface area contributed by atoms with Crippen LogP contribution < -0.4 is 0 Å². The van der Waals surface area contributed by atoms with Crippen LogP contribution in [-0.2, 0) is 5.41 Å². The maximum Gasteiger partial charge on any atom is 0.256 e. The van der Waals surface area contributed by atoms with E-state index in [0.29, 0.717) is 5.56 Å². The molecule has 21 heavy (non-hydrogen) atoms. The smallest absolute Gasteiger partial charge is 0.256 e. The predicted molar refractivity (Wildman–Crippen MR) is 80.8 cm³/mol. The van der Waals surface area contributed by atoms with Gasteiger partial charge in [-0.25, -0.2) is 0 Å². The van der Waals surface area contributed by atoms with Crippen LogP contribution in [0, 0.1) is 11.3 Å². The summed E-state index contributed by atoms with van der Waals surface area (Å²) < 4.78 is 0. The number of nitriles is 1. The minimum absolute atomic E-state index is 0.0437. The van der Waals surface area contributed by atoms with E-state index in [0.717, 1.165) is 11.1 Å². The van der Waals surface area contributed by atoms with Crippen LogP contribution in [0.5, 0.6) is 0 Å². The summed E-state index contributed by atoms with van der Waals surface area (Å²) >= 11 is 0. The Morgan fingerprint density at radius 2 is 1.90 bits per heavy atom. The zero-order valence-electron chi connectivity index (χ0n) is 13.3. The van der Waals surface area contributed by atoms with Crippen molar-refractivity contribution in [1.82, 2.24) is 4.90 Å². The van der Waals surface area contributed by atoms with Gasteiger partial charge in [0.2, 0.25) is 0 Å². The van der Waals surface area contributed by atoms with Crippen molar-refractivity contribution in [3.63, 3.8) is 0 Å². The van der Waals surface area contributed by atoms with Crippen molar-refractivity contribution in [3.05, 3.63) is 34.9 Å². The van der Waals surface area contributed by atoms with Crippen molar-refractivity contribution in [2.45, 2.75) is 51.6 Å². The highest BCUT2D eigenvalue weighted by Gasteiger charge is 2.44. The summed E-state index contributed by atoms with van der Waals surface area (Å²) in [4.78, 5) is 14.1. The van der Waals surface area contributed by atoms with Gasteiger partial charge in [-0.3, -0.25) is 4.79 Å². The number of amides is 1. The van der Waals surface area contributed by atoms with Gasteiger partial charge in [0.1, 0.15) is 6.04 Å². The largest absolute Gasteiger partial charge is 0.394 e. The molecule has 1 heterocycles. The molecule has 0 bridgehead atoms. The molecule has 0 aromatic heterocycles. The first-order valence-electron chi connectivity index (χ1n) is 7.12. The van der Waals surface area contributed by atoms with Crippen molar-refractivity contribution in [2.24, 2.45) is 0 Å². The van der Waals surface area contributed by atoms with Gasteiger partial charge in [-0.1, -0.05) is 32.9 Å². The first-order valence-corrected chi connectivity index (χ1v) is 7.12. The fourth-order valence-corrected chi connectivity index (χ4v) is 2.66. The van der Waals surface area contributed by atoms with E-state index < -0.39 is 11.6 Å². The lowest BCUT2D eigenvalue weighted by atomic mass is 9.85. The molecule has 1 aliphatic heterocycles. The minimum Gasteiger partial charge on any atom is -0.394 e. The topological polar surface area (TPSA) is 64.3 Å². The van der Waals surface area contributed by atoms with Crippen molar-refractivity contribution >= 4 is 5.91 Å². The normalized spacial score (nSPS) is 18.6. The summed E-state index contributed by atoms with van der Waals surface area (Å²) in [5.41, 5.74) is 1.60. The fraction of sp³-hybridized carbons (Fsp3) is 0.529. The van der Waals surface area contributed by atoms with E-state index in [-0.39, 0.29) is 17.9 Å². The molecule has 1 aliphatic rings. The molecule has 1 amide bonds. The van der Waals surface area contributed by atoms with E-state index in [1.54, 1.807) is 19.9 Å². The highest BCUT2D eigenvalue weighted by molar-refractivity contribution is 6.00. The molecule has 1 atom stereocenters. The van der Waals surface area contributed by atoms with Crippen LogP contribution in [0.2, 0.25) is 0 Å². The molecule has 0 saturated carbocycles. The van der Waals surface area contributed by atoms with E-state index in [9.17, 15) is 15.2 Å². The molecule has 1 aromatic rings. The van der Waals surface area contributed by atoms with Gasteiger partial charge in [0, 0.05) is 11.1 Å². The third kappa shape index (κ3) is 2.43. The highest BCUT2D eigenvalue weighted by atomic mass is 16.3. The molecule has 4 heteroatoms. The van der Waals surface area contributed by atoms with Gasteiger partial charge in [-0.15, -0.1) is 0 Å². The van der Waals surface area contributed by atoms with Gasteiger partial charge in [-0.2, -0.15) is 5.26 Å². The minimum atomic E-state index is -0.765. The lowest BCUT2D eigenvalue weighted by Crippen LogP contribution is -2.48. The Hall–Kier alpha value is -1.86. The Balaban J connectivity index is 2.58. The molecular weight excluding hydrogens is 264 g/mol. The molecule has 1 unspecified atom stereocenters. The summed E-state index contributed by atoms with van der Waals surface area (Å²) in [5, 5.41) is 19.1. The lowest BCUT2D eigenvalue weighted by Gasteiger charge is -2.36. The van der Waals surface area contributed by atoms with Gasteiger partial charge < -0.3 is 10.0 Å². The maximum absolute atomic E-state index is 12.6. The molecular formula is C17H22N2O2. The number of hydrogen-bond donors (Lipinski definition) is 1. The van der Waals surface area contributed by atoms with Crippen molar-refractivity contribution in [3.8, 4) is 6.07 Å². The van der Waals surface area contributed by atoms with Crippen LogP contribution >= 0.6 is 0 Å². The van der Waals surface area contributed by atoms with Gasteiger partial charge in [0.05, 0.1) is 18.2 Å². The van der Waals surface area contributed by atoms with E-state index in [2.05, 4.69) is 26.8 Å². The molecule has 1 N–H and O–H groups in total. The fourth-order valence-electron chi connectivity index (χ4n) is 2.66. The Bertz CT molecular complexity index is 621. The number of fused-ring (bicyclic) bond motifs is 1. The average molecular weight is 286 g/mol. The Morgan fingerprint density at radius 1 is 1.29 bits per heavy atom. The average Bonchev–Trinajstić information content (AvgIpc) is 2.70. The summed E-state index contributed by atoms with van der Waals surface area (Å²) in [5.74, 6) is -0.184. The molecule has 0 fully saturated rings. The third-order valence-electron chi connectivity index (χ3n) is 4.08. The first-order chi connectivity index (χ1) is 9.63. The quantitative estimate of drug-likeness (QED) is 0.909. The number of carbonyl (C=O) groups is 1. The number of hydrogen-bond acceptors (Lipinski definition) is 3. The molecule has 112 valence electrons. The molecule has 2 rings (SSSR count). The second kappa shape index (κ2) is 4.85. The number of aliphatic hydroxyl groups is 1. The summed E-state index contributed by atoms with van der Waals surface area (Å²) in [7, 11) is 0. The highest BCUT2D eigenvalue weighted by Crippen LogP contribution is 2.40. The standard InChI is InChI=1S/C17H22N2O2/c1-16(2,3)11-6-7-12-13(8-11)14(9-18)19(15(12)21)17(4,5)10-20/h6-8,14,20H,10H2,1-5H3. The number of benzene rings is 1. The molecule has 0 radical (unpaired) electrons. The summed E-state index contributed by atoms with van der Waals surface area (Å²) in [6, 6.07) is 7.27. The lowest BCUT2D eigenvalue weighted by molar-refractivity contribution is 0.0337. The maximum atomic E-state index is 12.6. The Kier molecular flexibility index (Phi) is 3.59. The Labute approximate surface area is 126 Å². The second-order valence-corrected chi connectivity index (χ2v) is 7.23. The molecule has 4 nitrogen and oxygen atoms in total. The van der Waals surface area contributed by atoms with Crippen molar-refractivity contribution in [2.75, 3.05) is 6.61 Å². The van der Waals surface area contributed by atoms with Crippen LogP contribution in [0.25, 0.3) is 0 Å².